The number of nitrogens with two attached hydrogens (primary N) is 1. The van der Waals surface area contributed by atoms with Gasteiger partial charge in [-0.1, -0.05) is 59.1 Å². The number of methoxy groups -OCH3 is 1. The van der Waals surface area contributed by atoms with Crippen molar-refractivity contribution in [2.45, 2.75) is 12.6 Å². The lowest BCUT2D eigenvalue weighted by Crippen LogP contribution is -2.35. The zero-order valence-electron chi connectivity index (χ0n) is 17.1. The Morgan fingerprint density at radius 1 is 1.03 bits per heavy atom. The number of nitrogens with zero attached hydrogens (tertiary/aromatic N) is 1. The highest BCUT2D eigenvalue weighted by Crippen LogP contribution is 2.35. The fourth-order valence-electron chi connectivity index (χ4n) is 3.39. The SMILES string of the molecule is COc1ccc(Cl)cc1C(NC(N)=NCc1ccc(Cl)cc1Cl)c1cc2ccccc2o1. The van der Waals surface area contributed by atoms with Crippen LogP contribution in [0.5, 0.6) is 5.75 Å². The Bertz CT molecular complexity index is 1250. The van der Waals surface area contributed by atoms with Crippen LogP contribution in [0.4, 0.5) is 0 Å². The van der Waals surface area contributed by atoms with Crippen molar-refractivity contribution >= 4 is 51.7 Å². The summed E-state index contributed by atoms with van der Waals surface area (Å²) in [5.41, 5.74) is 8.59. The van der Waals surface area contributed by atoms with Crippen LogP contribution in [0.2, 0.25) is 15.1 Å². The van der Waals surface area contributed by atoms with Crippen molar-refractivity contribution in [3.63, 3.8) is 0 Å². The Morgan fingerprint density at radius 2 is 1.78 bits per heavy atom. The summed E-state index contributed by atoms with van der Waals surface area (Å²) in [6.45, 7) is 0.286. The lowest BCUT2D eigenvalue weighted by molar-refractivity contribution is 0.401. The first kappa shape index (κ1) is 22.3. The molecule has 0 aliphatic heterocycles. The van der Waals surface area contributed by atoms with Crippen LogP contribution in [0.25, 0.3) is 11.0 Å². The van der Waals surface area contributed by atoms with Gasteiger partial charge in [0.2, 0.25) is 0 Å². The molecule has 4 aromatic rings. The molecule has 5 nitrogen and oxygen atoms in total. The molecule has 1 unspecified atom stereocenters. The van der Waals surface area contributed by atoms with E-state index in [4.69, 9.17) is 49.7 Å². The monoisotopic (exact) mass is 487 g/mol. The first-order valence-electron chi connectivity index (χ1n) is 9.77. The zero-order chi connectivity index (χ0) is 22.7. The van der Waals surface area contributed by atoms with Gasteiger partial charge < -0.3 is 20.2 Å². The normalized spacial score (nSPS) is 12.7. The highest BCUT2D eigenvalue weighted by atomic mass is 35.5. The van der Waals surface area contributed by atoms with Gasteiger partial charge in [0, 0.05) is 26.0 Å². The number of fused-ring (bicyclic) bond motifs is 1. The summed E-state index contributed by atoms with van der Waals surface area (Å²) in [5, 5.41) is 5.86. The van der Waals surface area contributed by atoms with Gasteiger partial charge in [-0.25, -0.2) is 4.99 Å². The van der Waals surface area contributed by atoms with Gasteiger partial charge in [-0.2, -0.15) is 0 Å². The summed E-state index contributed by atoms with van der Waals surface area (Å²) < 4.78 is 11.7. The van der Waals surface area contributed by atoms with Crippen molar-refractivity contribution in [1.82, 2.24) is 5.32 Å². The Labute approximate surface area is 200 Å². The minimum absolute atomic E-state index is 0.212. The molecular formula is C24H20Cl3N3O2. The van der Waals surface area contributed by atoms with Gasteiger partial charge in [0.15, 0.2) is 5.96 Å². The van der Waals surface area contributed by atoms with Crippen molar-refractivity contribution in [3.05, 3.63) is 98.7 Å². The fraction of sp³-hybridized carbons (Fsp3) is 0.125. The molecule has 0 fully saturated rings. The third-order valence-corrected chi connectivity index (χ3v) is 5.78. The second-order valence-electron chi connectivity index (χ2n) is 7.09. The molecule has 1 atom stereocenters. The third kappa shape index (κ3) is 4.96. The summed E-state index contributed by atoms with van der Waals surface area (Å²) in [5.74, 6) is 1.50. The van der Waals surface area contributed by atoms with Crippen LogP contribution < -0.4 is 15.8 Å². The van der Waals surface area contributed by atoms with Crippen LogP contribution in [-0.4, -0.2) is 13.1 Å². The van der Waals surface area contributed by atoms with E-state index in [1.165, 1.54) is 0 Å². The highest BCUT2D eigenvalue weighted by Gasteiger charge is 2.23. The molecule has 3 aromatic carbocycles. The molecule has 8 heteroatoms. The minimum Gasteiger partial charge on any atom is -0.496 e. The molecule has 1 heterocycles. The van der Waals surface area contributed by atoms with Gasteiger partial charge in [-0.05, 0) is 48.0 Å². The molecule has 0 saturated heterocycles. The number of aliphatic imine (C=N–C) groups is 1. The summed E-state index contributed by atoms with van der Waals surface area (Å²) >= 11 is 18.5. The number of hydrogen-bond acceptors (Lipinski definition) is 3. The summed E-state index contributed by atoms with van der Waals surface area (Å²) in [7, 11) is 1.60. The van der Waals surface area contributed by atoms with Gasteiger partial charge in [0.1, 0.15) is 23.1 Å². The van der Waals surface area contributed by atoms with E-state index in [9.17, 15) is 0 Å². The molecule has 32 heavy (non-hydrogen) atoms. The predicted molar refractivity (Wildman–Crippen MR) is 131 cm³/mol. The molecule has 164 valence electrons. The molecule has 0 radical (unpaired) electrons. The van der Waals surface area contributed by atoms with Crippen molar-refractivity contribution in [2.75, 3.05) is 7.11 Å². The maximum absolute atomic E-state index is 6.29. The lowest BCUT2D eigenvalue weighted by atomic mass is 10.0. The number of para-hydroxylation sites is 1. The maximum Gasteiger partial charge on any atom is 0.189 e. The van der Waals surface area contributed by atoms with E-state index < -0.39 is 6.04 Å². The molecule has 1 aromatic heterocycles. The van der Waals surface area contributed by atoms with Gasteiger partial charge in [-0.3, -0.25) is 0 Å². The quantitative estimate of drug-likeness (QED) is 0.237. The topological polar surface area (TPSA) is 72.8 Å². The molecule has 0 aliphatic carbocycles. The molecule has 0 saturated carbocycles. The van der Waals surface area contributed by atoms with Crippen LogP contribution in [0, 0.1) is 0 Å². The number of hydrogen-bond donors (Lipinski definition) is 2. The second kappa shape index (κ2) is 9.74. The number of guanidine groups is 1. The van der Waals surface area contributed by atoms with Crippen molar-refractivity contribution in [2.24, 2.45) is 10.7 Å². The standard InChI is InChI=1S/C24H20Cl3N3O2/c1-31-21-9-8-16(25)11-18(21)23(22-10-14-4-2-3-5-20(14)32-22)30-24(28)29-13-15-6-7-17(26)12-19(15)27/h2-12,23H,13H2,1H3,(H3,28,29,30). The molecule has 3 N–H and O–H groups in total. The number of furan rings is 1. The number of rotatable bonds is 6. The third-order valence-electron chi connectivity index (χ3n) is 4.96. The molecular weight excluding hydrogens is 469 g/mol. The van der Waals surface area contributed by atoms with Crippen molar-refractivity contribution in [3.8, 4) is 5.75 Å². The van der Waals surface area contributed by atoms with E-state index in [2.05, 4.69) is 10.3 Å². The Hall–Kier alpha value is -2.86. The van der Waals surface area contributed by atoms with Crippen molar-refractivity contribution in [1.29, 1.82) is 0 Å². The van der Waals surface area contributed by atoms with Crippen LogP contribution in [0.3, 0.4) is 0 Å². The zero-order valence-corrected chi connectivity index (χ0v) is 19.4. The van der Waals surface area contributed by atoms with E-state index in [-0.39, 0.29) is 12.5 Å². The van der Waals surface area contributed by atoms with Crippen molar-refractivity contribution < 1.29 is 9.15 Å². The first-order valence-corrected chi connectivity index (χ1v) is 10.9. The van der Waals surface area contributed by atoms with Gasteiger partial charge in [-0.15, -0.1) is 0 Å². The second-order valence-corrected chi connectivity index (χ2v) is 8.37. The van der Waals surface area contributed by atoms with E-state index >= 15 is 0 Å². The van der Waals surface area contributed by atoms with Gasteiger partial charge in [0.05, 0.1) is 13.7 Å². The van der Waals surface area contributed by atoms with E-state index in [0.29, 0.717) is 26.6 Å². The molecule has 0 bridgehead atoms. The van der Waals surface area contributed by atoms with E-state index in [0.717, 1.165) is 22.1 Å². The van der Waals surface area contributed by atoms with E-state index in [1.807, 2.05) is 42.5 Å². The van der Waals surface area contributed by atoms with Crippen LogP contribution in [-0.2, 0) is 6.54 Å². The first-order chi connectivity index (χ1) is 15.4. The Kier molecular flexibility index (Phi) is 6.80. The molecule has 0 amide bonds. The molecule has 0 spiro atoms. The number of nitrogens with one attached hydrogen (secondary N) is 1. The Morgan fingerprint density at radius 3 is 2.53 bits per heavy atom. The molecule has 4 rings (SSSR count). The fourth-order valence-corrected chi connectivity index (χ4v) is 4.04. The van der Waals surface area contributed by atoms with Crippen LogP contribution in [0.15, 0.2) is 76.1 Å². The summed E-state index contributed by atoms with van der Waals surface area (Å²) in [6, 6.07) is 19.9. The highest BCUT2D eigenvalue weighted by molar-refractivity contribution is 6.35. The molecule has 0 aliphatic rings. The largest absolute Gasteiger partial charge is 0.496 e. The van der Waals surface area contributed by atoms with Crippen LogP contribution in [0.1, 0.15) is 22.9 Å². The number of ether oxygens (including phenoxy) is 1. The average Bonchev–Trinajstić information content (AvgIpc) is 3.21. The average molecular weight is 489 g/mol. The maximum atomic E-state index is 6.29. The number of halogens is 3. The minimum atomic E-state index is -0.486. The van der Waals surface area contributed by atoms with Crippen LogP contribution >= 0.6 is 34.8 Å². The smallest absolute Gasteiger partial charge is 0.189 e. The van der Waals surface area contributed by atoms with Gasteiger partial charge >= 0.3 is 0 Å². The van der Waals surface area contributed by atoms with Gasteiger partial charge in [0.25, 0.3) is 0 Å². The lowest BCUT2D eigenvalue weighted by Gasteiger charge is -2.20. The number of benzene rings is 3. The van der Waals surface area contributed by atoms with E-state index in [1.54, 1.807) is 31.4 Å². The summed E-state index contributed by atoms with van der Waals surface area (Å²) in [6.07, 6.45) is 0. The predicted octanol–water partition coefficient (Wildman–Crippen LogP) is 6.60. The Balaban J connectivity index is 1.70. The summed E-state index contributed by atoms with van der Waals surface area (Å²) in [4.78, 5) is 4.45.